The van der Waals surface area contributed by atoms with Crippen molar-refractivity contribution in [3.63, 3.8) is 0 Å². The number of aromatic nitrogens is 1. The summed E-state index contributed by atoms with van der Waals surface area (Å²) in [6, 6.07) is 2.03. The van der Waals surface area contributed by atoms with Crippen molar-refractivity contribution in [3.05, 3.63) is 45.1 Å². The van der Waals surface area contributed by atoms with Crippen LogP contribution in [0.25, 0.3) is 5.52 Å². The maximum atomic E-state index is 15.1. The summed E-state index contributed by atoms with van der Waals surface area (Å²) in [5.74, 6) is -0.880. The molecule has 3 aliphatic rings. The number of aromatic carboxylic acids is 1. The molecule has 0 spiro atoms. The standard InChI is InChI=1S/C20H22FN3O3.ClH/c1-10-17-13(11-2-3-11)6-14(20(26)27)19(25)24(17)8-15(21)18(10)23-7-12-4-5-22-16(12)9-23;/h6,8,11-12,16,22H,2-5,7,9H2,1H3,(H,26,27);1H/t12-,16+;/m0./s1. The molecule has 3 fully saturated rings. The number of anilines is 1. The number of carbonyl (C=O) groups is 1. The summed E-state index contributed by atoms with van der Waals surface area (Å²) in [4.78, 5) is 26.3. The van der Waals surface area contributed by atoms with Gasteiger partial charge in [0, 0.05) is 18.9 Å². The Bertz CT molecular complexity index is 1020. The van der Waals surface area contributed by atoms with Gasteiger partial charge in [0.2, 0.25) is 0 Å². The Morgan fingerprint density at radius 1 is 1.29 bits per heavy atom. The van der Waals surface area contributed by atoms with Crippen LogP contribution in [0, 0.1) is 18.7 Å². The van der Waals surface area contributed by atoms with Gasteiger partial charge in [0.15, 0.2) is 5.82 Å². The minimum Gasteiger partial charge on any atom is -1.00 e. The number of rotatable bonds is 3. The van der Waals surface area contributed by atoms with Gasteiger partial charge in [-0.15, -0.1) is 0 Å². The van der Waals surface area contributed by atoms with Crippen LogP contribution in [0.4, 0.5) is 10.1 Å². The number of aryl methyl sites for hydroxylation is 1. The van der Waals surface area contributed by atoms with Crippen molar-refractivity contribution in [2.24, 2.45) is 5.92 Å². The smallest absolute Gasteiger partial charge is 0.341 e. The van der Waals surface area contributed by atoms with E-state index in [1.54, 1.807) is 0 Å². The predicted octanol–water partition coefficient (Wildman–Crippen LogP) is -1.90. The van der Waals surface area contributed by atoms with Gasteiger partial charge in [0.1, 0.15) is 11.6 Å². The topological polar surface area (TPSA) is 78.6 Å². The summed E-state index contributed by atoms with van der Waals surface area (Å²) in [5, 5.41) is 11.7. The maximum Gasteiger partial charge on any atom is 0.341 e. The number of pyridine rings is 2. The first-order valence-electron chi connectivity index (χ1n) is 9.65. The van der Waals surface area contributed by atoms with Crippen molar-refractivity contribution in [1.82, 2.24) is 4.40 Å². The Balaban J connectivity index is 0.00000192. The van der Waals surface area contributed by atoms with Crippen molar-refractivity contribution in [2.75, 3.05) is 24.5 Å². The molecule has 1 saturated carbocycles. The minimum absolute atomic E-state index is 0. The summed E-state index contributed by atoms with van der Waals surface area (Å²) in [6.07, 6.45) is 4.30. The first-order chi connectivity index (χ1) is 13.0. The Morgan fingerprint density at radius 2 is 2.04 bits per heavy atom. The van der Waals surface area contributed by atoms with Crippen LogP contribution in [0.5, 0.6) is 0 Å². The van der Waals surface area contributed by atoms with Gasteiger partial charge in [-0.3, -0.25) is 9.20 Å². The normalized spacial score (nSPS) is 23.7. The second-order valence-electron chi connectivity index (χ2n) is 8.21. The fourth-order valence-corrected chi connectivity index (χ4v) is 5.06. The average molecular weight is 408 g/mol. The number of halogens is 2. The number of carboxylic acids is 1. The number of nitrogens with zero attached hydrogens (tertiary/aromatic N) is 2. The van der Waals surface area contributed by atoms with Crippen molar-refractivity contribution in [1.29, 1.82) is 0 Å². The first-order valence-corrected chi connectivity index (χ1v) is 9.65. The van der Waals surface area contributed by atoms with Gasteiger partial charge in [0.05, 0.1) is 30.5 Å². The molecule has 2 atom stereocenters. The zero-order valence-electron chi connectivity index (χ0n) is 15.6. The van der Waals surface area contributed by atoms with Crippen molar-refractivity contribution in [2.45, 2.75) is 38.1 Å². The SMILES string of the molecule is Cc1c(N2C[C@@H]3CC[NH2+][C@@H]3C2)c(F)cn2c(=O)c(C(=O)O)cc(C3CC3)c12.[Cl-]. The van der Waals surface area contributed by atoms with Gasteiger partial charge in [-0.05, 0) is 42.9 Å². The summed E-state index contributed by atoms with van der Waals surface area (Å²) < 4.78 is 16.3. The van der Waals surface area contributed by atoms with Crippen molar-refractivity contribution >= 4 is 17.2 Å². The molecule has 150 valence electrons. The first kappa shape index (κ1) is 19.2. The highest BCUT2D eigenvalue weighted by Gasteiger charge is 2.41. The van der Waals surface area contributed by atoms with E-state index in [1.165, 1.54) is 16.7 Å². The molecule has 2 aromatic rings. The summed E-state index contributed by atoms with van der Waals surface area (Å²) in [6.45, 7) is 4.65. The van der Waals surface area contributed by atoms with Gasteiger partial charge in [0.25, 0.3) is 5.56 Å². The molecule has 0 radical (unpaired) electrons. The molecule has 2 aromatic heterocycles. The van der Waals surface area contributed by atoms with E-state index >= 15 is 4.39 Å². The molecule has 28 heavy (non-hydrogen) atoms. The van der Waals surface area contributed by atoms with E-state index in [1.807, 2.05) is 6.92 Å². The Hall–Kier alpha value is -2.12. The van der Waals surface area contributed by atoms with Crippen LogP contribution in [-0.4, -0.2) is 41.2 Å². The molecule has 0 aromatic carbocycles. The van der Waals surface area contributed by atoms with Gasteiger partial charge < -0.3 is 27.7 Å². The van der Waals surface area contributed by atoms with Crippen LogP contribution < -0.4 is 28.2 Å². The monoisotopic (exact) mass is 407 g/mol. The lowest BCUT2D eigenvalue weighted by molar-refractivity contribution is -0.668. The summed E-state index contributed by atoms with van der Waals surface area (Å²) >= 11 is 0. The molecule has 5 rings (SSSR count). The fourth-order valence-electron chi connectivity index (χ4n) is 5.06. The third kappa shape index (κ3) is 2.79. The highest BCUT2D eigenvalue weighted by atomic mass is 35.5. The molecular weight excluding hydrogens is 385 g/mol. The van der Waals surface area contributed by atoms with Gasteiger partial charge in [-0.1, -0.05) is 0 Å². The zero-order chi connectivity index (χ0) is 18.9. The van der Waals surface area contributed by atoms with E-state index in [2.05, 4.69) is 10.2 Å². The van der Waals surface area contributed by atoms with Gasteiger partial charge in [-0.25, -0.2) is 9.18 Å². The summed E-state index contributed by atoms with van der Waals surface area (Å²) in [5.41, 5.74) is 1.91. The van der Waals surface area contributed by atoms with Crippen LogP contribution >= 0.6 is 0 Å². The molecule has 0 bridgehead atoms. The molecule has 2 aliphatic heterocycles. The largest absolute Gasteiger partial charge is 1.00 e. The van der Waals surface area contributed by atoms with E-state index in [9.17, 15) is 14.7 Å². The van der Waals surface area contributed by atoms with Gasteiger partial charge >= 0.3 is 5.97 Å². The number of hydrogen-bond donors (Lipinski definition) is 2. The second-order valence-corrected chi connectivity index (χ2v) is 8.21. The number of hydrogen-bond acceptors (Lipinski definition) is 3. The van der Waals surface area contributed by atoms with Crippen LogP contribution in [0.1, 0.15) is 46.7 Å². The molecule has 1 aliphatic carbocycles. The lowest BCUT2D eigenvalue weighted by Gasteiger charge is -2.24. The third-order valence-corrected chi connectivity index (χ3v) is 6.50. The average Bonchev–Trinajstić information content (AvgIpc) is 3.24. The molecule has 6 nitrogen and oxygen atoms in total. The van der Waals surface area contributed by atoms with Crippen LogP contribution in [-0.2, 0) is 0 Å². The summed E-state index contributed by atoms with van der Waals surface area (Å²) in [7, 11) is 0. The van der Waals surface area contributed by atoms with E-state index < -0.39 is 17.3 Å². The van der Waals surface area contributed by atoms with E-state index in [0.717, 1.165) is 50.0 Å². The van der Waals surface area contributed by atoms with E-state index in [4.69, 9.17) is 0 Å². The lowest BCUT2D eigenvalue weighted by atomic mass is 10.0. The molecule has 3 N–H and O–H groups in total. The second kappa shape index (κ2) is 6.74. The highest BCUT2D eigenvalue weighted by molar-refractivity contribution is 5.89. The van der Waals surface area contributed by atoms with E-state index in [0.29, 0.717) is 23.2 Å². The molecule has 0 unspecified atom stereocenters. The van der Waals surface area contributed by atoms with Crippen LogP contribution in [0.2, 0.25) is 0 Å². The molecule has 0 amide bonds. The fraction of sp³-hybridized carbons (Fsp3) is 0.500. The number of fused-ring (bicyclic) bond motifs is 2. The van der Waals surface area contributed by atoms with Crippen molar-refractivity contribution < 1.29 is 32.0 Å². The molecule has 2 saturated heterocycles. The number of carboxylic acid groups (broad SMARTS) is 1. The Kier molecular flexibility index (Phi) is 4.62. The molecule has 8 heteroatoms. The lowest BCUT2D eigenvalue weighted by Crippen LogP contribution is -3.00. The molecular formula is C20H23ClFN3O3. The third-order valence-electron chi connectivity index (χ3n) is 6.50. The highest BCUT2D eigenvalue weighted by Crippen LogP contribution is 2.44. The predicted molar refractivity (Wildman–Crippen MR) is 98.2 cm³/mol. The maximum absolute atomic E-state index is 15.1. The minimum atomic E-state index is -1.26. The van der Waals surface area contributed by atoms with Crippen molar-refractivity contribution in [3.8, 4) is 0 Å². The number of quaternary nitrogens is 1. The zero-order valence-corrected chi connectivity index (χ0v) is 16.4. The van der Waals surface area contributed by atoms with Gasteiger partial charge in [-0.2, -0.15) is 0 Å². The van der Waals surface area contributed by atoms with Crippen LogP contribution in [0.15, 0.2) is 17.1 Å². The van der Waals surface area contributed by atoms with Crippen LogP contribution in [0.3, 0.4) is 0 Å². The quantitative estimate of drug-likeness (QED) is 0.623. The molecule has 4 heterocycles. The Labute approximate surface area is 167 Å². The Morgan fingerprint density at radius 3 is 2.68 bits per heavy atom. The van der Waals surface area contributed by atoms with E-state index in [-0.39, 0.29) is 23.9 Å². The number of nitrogens with two attached hydrogens (primary N) is 1.